The first-order valence-corrected chi connectivity index (χ1v) is 8.30. The minimum absolute atomic E-state index is 0.312. The zero-order valence-electron chi connectivity index (χ0n) is 14.1. The quantitative estimate of drug-likeness (QED) is 0.521. The minimum atomic E-state index is -0.950. The number of nitrogens with two attached hydrogens (primary N) is 2. The highest BCUT2D eigenvalue weighted by Crippen LogP contribution is 2.21. The van der Waals surface area contributed by atoms with E-state index in [4.69, 9.17) is 21.2 Å². The third-order valence-electron chi connectivity index (χ3n) is 4.82. The van der Waals surface area contributed by atoms with E-state index in [-0.39, 0.29) is 0 Å². The van der Waals surface area contributed by atoms with Gasteiger partial charge in [-0.1, -0.05) is 0 Å². The van der Waals surface area contributed by atoms with Crippen molar-refractivity contribution in [3.63, 3.8) is 0 Å². The molecule has 2 aliphatic rings. The molecule has 0 bridgehead atoms. The second-order valence-electron chi connectivity index (χ2n) is 6.40. The SMILES string of the molecule is COC1CCN(c2nccc(C3(N)C=c4[nH]nc(N)c4=CN3)n2)CC1. The van der Waals surface area contributed by atoms with Gasteiger partial charge in [-0.25, -0.2) is 9.97 Å². The predicted octanol–water partition coefficient (Wildman–Crippen LogP) is -1.67. The third-order valence-corrected chi connectivity index (χ3v) is 4.82. The van der Waals surface area contributed by atoms with Crippen LogP contribution in [0.3, 0.4) is 0 Å². The molecular weight excluding hydrogens is 320 g/mol. The largest absolute Gasteiger partial charge is 0.382 e. The van der Waals surface area contributed by atoms with Crippen molar-refractivity contribution in [1.82, 2.24) is 25.5 Å². The van der Waals surface area contributed by atoms with Gasteiger partial charge in [-0.05, 0) is 25.0 Å². The minimum Gasteiger partial charge on any atom is -0.382 e. The molecule has 0 saturated carbocycles. The lowest BCUT2D eigenvalue weighted by Gasteiger charge is -2.32. The highest BCUT2D eigenvalue weighted by Gasteiger charge is 2.29. The highest BCUT2D eigenvalue weighted by atomic mass is 16.5. The van der Waals surface area contributed by atoms with Crippen LogP contribution in [-0.2, 0) is 10.4 Å². The second kappa shape index (κ2) is 6.01. The standard InChI is InChI=1S/C16H22N8O/c1-25-10-3-6-24(7-4-10)15-19-5-2-13(21-15)16(18)8-12-11(9-20-16)14(17)23-22-12/h2,5,8-10,20,22H,3-4,6-7,18H2,1H3,(H2,17,23). The molecule has 0 amide bonds. The Labute approximate surface area is 144 Å². The van der Waals surface area contributed by atoms with E-state index in [9.17, 15) is 0 Å². The first-order chi connectivity index (χ1) is 12.1. The van der Waals surface area contributed by atoms with Crippen LogP contribution in [0, 0.1) is 0 Å². The Bertz CT molecular complexity index is 886. The number of hydrogen-bond acceptors (Lipinski definition) is 8. The summed E-state index contributed by atoms with van der Waals surface area (Å²) >= 11 is 0. The van der Waals surface area contributed by atoms with E-state index >= 15 is 0 Å². The molecule has 0 aliphatic carbocycles. The van der Waals surface area contributed by atoms with Gasteiger partial charge >= 0.3 is 0 Å². The topological polar surface area (TPSA) is 131 Å². The van der Waals surface area contributed by atoms with E-state index in [1.807, 2.05) is 12.1 Å². The van der Waals surface area contributed by atoms with E-state index in [0.717, 1.165) is 36.5 Å². The van der Waals surface area contributed by atoms with Crippen molar-refractivity contribution in [2.75, 3.05) is 30.8 Å². The number of aromatic amines is 1. The molecule has 1 atom stereocenters. The fraction of sp³-hybridized carbons (Fsp3) is 0.438. The van der Waals surface area contributed by atoms with Crippen molar-refractivity contribution in [2.24, 2.45) is 5.73 Å². The number of nitrogen functional groups attached to an aromatic ring is 1. The van der Waals surface area contributed by atoms with Crippen molar-refractivity contribution < 1.29 is 4.74 Å². The Morgan fingerprint density at radius 3 is 2.92 bits per heavy atom. The number of hydrogen-bond donors (Lipinski definition) is 4. The number of rotatable bonds is 3. The maximum absolute atomic E-state index is 6.53. The monoisotopic (exact) mass is 342 g/mol. The zero-order valence-corrected chi connectivity index (χ0v) is 14.1. The van der Waals surface area contributed by atoms with E-state index < -0.39 is 5.66 Å². The summed E-state index contributed by atoms with van der Waals surface area (Å²) in [5.41, 5.74) is 12.1. The molecule has 1 unspecified atom stereocenters. The maximum Gasteiger partial charge on any atom is 0.225 e. The first-order valence-electron chi connectivity index (χ1n) is 8.30. The number of nitrogens with zero attached hydrogens (tertiary/aromatic N) is 4. The summed E-state index contributed by atoms with van der Waals surface area (Å²) in [7, 11) is 1.76. The molecule has 0 aromatic carbocycles. The summed E-state index contributed by atoms with van der Waals surface area (Å²) in [5.74, 6) is 1.12. The van der Waals surface area contributed by atoms with Crippen molar-refractivity contribution in [3.8, 4) is 0 Å². The first kappa shape index (κ1) is 15.9. The van der Waals surface area contributed by atoms with Gasteiger partial charge < -0.3 is 26.4 Å². The van der Waals surface area contributed by atoms with Gasteiger partial charge in [0.1, 0.15) is 0 Å². The van der Waals surface area contributed by atoms with Crippen LogP contribution in [0.1, 0.15) is 18.5 Å². The number of methoxy groups -OCH3 is 1. The lowest BCUT2D eigenvalue weighted by atomic mass is 10.0. The van der Waals surface area contributed by atoms with Crippen molar-refractivity contribution in [3.05, 3.63) is 28.5 Å². The molecule has 0 radical (unpaired) electrons. The molecule has 1 fully saturated rings. The van der Waals surface area contributed by atoms with Crippen LogP contribution in [0.4, 0.5) is 11.8 Å². The van der Waals surface area contributed by atoms with Crippen molar-refractivity contribution in [1.29, 1.82) is 0 Å². The van der Waals surface area contributed by atoms with Crippen molar-refractivity contribution in [2.45, 2.75) is 24.6 Å². The number of ether oxygens (including phenoxy) is 1. The number of nitrogens with one attached hydrogen (secondary N) is 2. The van der Waals surface area contributed by atoms with Crippen LogP contribution in [0.15, 0.2) is 12.3 Å². The van der Waals surface area contributed by atoms with E-state index in [2.05, 4.69) is 25.4 Å². The maximum atomic E-state index is 6.53. The molecule has 0 spiro atoms. The molecular formula is C16H22N8O. The summed E-state index contributed by atoms with van der Waals surface area (Å²) < 4.78 is 5.42. The smallest absolute Gasteiger partial charge is 0.225 e. The fourth-order valence-corrected chi connectivity index (χ4v) is 3.27. The molecule has 1 saturated heterocycles. The Kier molecular flexibility index (Phi) is 3.81. The molecule has 9 heteroatoms. The van der Waals surface area contributed by atoms with Gasteiger partial charge in [0.25, 0.3) is 0 Å². The highest BCUT2D eigenvalue weighted by molar-refractivity contribution is 5.52. The second-order valence-corrected chi connectivity index (χ2v) is 6.40. The summed E-state index contributed by atoms with van der Waals surface area (Å²) in [4.78, 5) is 11.3. The Balaban J connectivity index is 1.63. The van der Waals surface area contributed by atoms with Crippen LogP contribution in [0.25, 0.3) is 12.3 Å². The summed E-state index contributed by atoms with van der Waals surface area (Å²) in [6, 6.07) is 1.81. The van der Waals surface area contributed by atoms with Gasteiger partial charge in [0.05, 0.1) is 22.4 Å². The average Bonchev–Trinajstić information content (AvgIpc) is 3.02. The van der Waals surface area contributed by atoms with Gasteiger partial charge in [-0.15, -0.1) is 0 Å². The lowest BCUT2D eigenvalue weighted by Crippen LogP contribution is -2.53. The van der Waals surface area contributed by atoms with Crippen LogP contribution in [-0.4, -0.2) is 46.5 Å². The molecule has 2 aromatic rings. The summed E-state index contributed by atoms with van der Waals surface area (Å²) in [5, 5.41) is 11.6. The van der Waals surface area contributed by atoms with Gasteiger partial charge in [0.2, 0.25) is 5.95 Å². The number of H-pyrrole nitrogens is 1. The van der Waals surface area contributed by atoms with Gasteiger partial charge in [0.15, 0.2) is 11.5 Å². The number of anilines is 2. The molecule has 132 valence electrons. The van der Waals surface area contributed by atoms with E-state index in [1.165, 1.54) is 0 Å². The lowest BCUT2D eigenvalue weighted by molar-refractivity contribution is 0.0816. The molecule has 6 N–H and O–H groups in total. The molecule has 2 aromatic heterocycles. The summed E-state index contributed by atoms with van der Waals surface area (Å²) in [6.45, 7) is 1.73. The third kappa shape index (κ3) is 2.81. The van der Waals surface area contributed by atoms with Crippen LogP contribution in [0.2, 0.25) is 0 Å². The fourth-order valence-electron chi connectivity index (χ4n) is 3.27. The van der Waals surface area contributed by atoms with Crippen LogP contribution >= 0.6 is 0 Å². The van der Waals surface area contributed by atoms with E-state index in [0.29, 0.717) is 23.6 Å². The Morgan fingerprint density at radius 1 is 1.36 bits per heavy atom. The van der Waals surface area contributed by atoms with Gasteiger partial charge in [0, 0.05) is 32.6 Å². The molecule has 9 nitrogen and oxygen atoms in total. The number of fused-ring (bicyclic) bond motifs is 1. The van der Waals surface area contributed by atoms with E-state index in [1.54, 1.807) is 19.5 Å². The number of aromatic nitrogens is 4. The van der Waals surface area contributed by atoms with Crippen LogP contribution < -0.4 is 32.3 Å². The molecule has 4 rings (SSSR count). The molecule has 25 heavy (non-hydrogen) atoms. The predicted molar refractivity (Wildman–Crippen MR) is 94.5 cm³/mol. The Hall–Kier alpha value is -2.65. The van der Waals surface area contributed by atoms with Gasteiger partial charge in [-0.3, -0.25) is 5.10 Å². The molecule has 2 aliphatic heterocycles. The molecule has 4 heterocycles. The number of piperidine rings is 1. The van der Waals surface area contributed by atoms with Gasteiger partial charge in [-0.2, -0.15) is 5.10 Å². The van der Waals surface area contributed by atoms with Crippen LogP contribution in [0.5, 0.6) is 0 Å². The van der Waals surface area contributed by atoms with Crippen molar-refractivity contribution >= 4 is 24.0 Å². The summed E-state index contributed by atoms with van der Waals surface area (Å²) in [6.07, 6.45) is 7.59. The average molecular weight is 342 g/mol. The zero-order chi connectivity index (χ0) is 17.4. The Morgan fingerprint density at radius 2 is 2.16 bits per heavy atom. The normalized spacial score (nSPS) is 23.4.